The maximum Gasteiger partial charge on any atom is 0.324 e. The van der Waals surface area contributed by atoms with Gasteiger partial charge in [-0.25, -0.2) is 4.39 Å². The summed E-state index contributed by atoms with van der Waals surface area (Å²) in [5.41, 5.74) is 6.75. The first-order chi connectivity index (χ1) is 10.1. The molecular formula is C15H25Cl3FN3O2. The molecule has 140 valence electrons. The average molecular weight is 405 g/mol. The Morgan fingerprint density at radius 1 is 1.17 bits per heavy atom. The predicted octanol–water partition coefficient (Wildman–Crippen LogP) is 1.71. The highest BCUT2D eigenvalue weighted by Gasteiger charge is 2.28. The summed E-state index contributed by atoms with van der Waals surface area (Å²) in [7, 11) is 1.38. The number of esters is 1. The second kappa shape index (κ2) is 12.7. The molecule has 2 N–H and O–H groups in total. The minimum atomic E-state index is -0.358. The number of nitrogens with two attached hydrogens (primary N) is 1. The Labute approximate surface area is 160 Å². The molecule has 5 nitrogen and oxygen atoms in total. The first kappa shape index (κ1) is 25.6. The van der Waals surface area contributed by atoms with E-state index < -0.39 is 0 Å². The smallest absolute Gasteiger partial charge is 0.324 e. The number of hydrogen-bond acceptors (Lipinski definition) is 5. The van der Waals surface area contributed by atoms with Gasteiger partial charge in [0.15, 0.2) is 0 Å². The van der Waals surface area contributed by atoms with Gasteiger partial charge in [0.05, 0.1) is 7.11 Å². The van der Waals surface area contributed by atoms with Gasteiger partial charge >= 0.3 is 5.97 Å². The topological polar surface area (TPSA) is 58.8 Å². The monoisotopic (exact) mass is 403 g/mol. The van der Waals surface area contributed by atoms with Crippen molar-refractivity contribution in [1.82, 2.24) is 9.80 Å². The Bertz CT molecular complexity index is 472. The van der Waals surface area contributed by atoms with E-state index in [1.165, 1.54) is 19.2 Å². The summed E-state index contributed by atoms with van der Waals surface area (Å²) >= 11 is 0. The van der Waals surface area contributed by atoms with Gasteiger partial charge in [0, 0.05) is 39.3 Å². The summed E-state index contributed by atoms with van der Waals surface area (Å²) in [5.74, 6) is -0.489. The molecule has 1 fully saturated rings. The van der Waals surface area contributed by atoms with Gasteiger partial charge in [0.1, 0.15) is 11.9 Å². The molecule has 24 heavy (non-hydrogen) atoms. The average Bonchev–Trinajstić information content (AvgIpc) is 2.51. The maximum atomic E-state index is 12.9. The highest BCUT2D eigenvalue weighted by atomic mass is 35.5. The van der Waals surface area contributed by atoms with E-state index in [1.54, 1.807) is 12.1 Å². The van der Waals surface area contributed by atoms with Crippen LogP contribution in [0.5, 0.6) is 0 Å². The molecule has 2 rings (SSSR count). The zero-order chi connectivity index (χ0) is 15.2. The van der Waals surface area contributed by atoms with Crippen molar-refractivity contribution in [2.45, 2.75) is 12.6 Å². The first-order valence-electron chi connectivity index (χ1n) is 7.12. The molecule has 9 heteroatoms. The highest BCUT2D eigenvalue weighted by molar-refractivity contribution is 5.86. The molecule has 0 amide bonds. The second-order valence-electron chi connectivity index (χ2n) is 5.21. The lowest BCUT2D eigenvalue weighted by molar-refractivity contribution is -0.147. The van der Waals surface area contributed by atoms with Crippen LogP contribution in [0.15, 0.2) is 24.3 Å². The van der Waals surface area contributed by atoms with Crippen molar-refractivity contribution >= 4 is 43.2 Å². The lowest BCUT2D eigenvalue weighted by Gasteiger charge is -2.37. The van der Waals surface area contributed by atoms with Crippen LogP contribution in [-0.4, -0.2) is 61.6 Å². The Morgan fingerprint density at radius 3 is 2.17 bits per heavy atom. The molecular weight excluding hydrogens is 380 g/mol. The highest BCUT2D eigenvalue weighted by Crippen LogP contribution is 2.11. The Kier molecular flexibility index (Phi) is 13.5. The van der Waals surface area contributed by atoms with Gasteiger partial charge < -0.3 is 10.5 Å². The molecule has 0 spiro atoms. The van der Waals surface area contributed by atoms with E-state index in [-0.39, 0.29) is 61.6 Å². The summed E-state index contributed by atoms with van der Waals surface area (Å²) in [6.45, 7) is 4.32. The number of piperazine rings is 1. The predicted molar refractivity (Wildman–Crippen MR) is 99.9 cm³/mol. The van der Waals surface area contributed by atoms with Gasteiger partial charge in [0.2, 0.25) is 0 Å². The van der Waals surface area contributed by atoms with Gasteiger partial charge in [-0.05, 0) is 17.7 Å². The standard InChI is InChI=1S/C15H22FN3O2.3ClH/c1-21-15(20)14(10-17)19-8-6-18(7-9-19)11-12-2-4-13(16)5-3-12;;;/h2-5,14H,6-11,17H2,1H3;3*1H/t14-;;;/m0.../s1. The fraction of sp³-hybridized carbons (Fsp3) is 0.533. The van der Waals surface area contributed by atoms with Crippen molar-refractivity contribution in [2.75, 3.05) is 39.8 Å². The Hall–Kier alpha value is -0.630. The van der Waals surface area contributed by atoms with Crippen LogP contribution in [0.3, 0.4) is 0 Å². The van der Waals surface area contributed by atoms with Crippen molar-refractivity contribution in [3.05, 3.63) is 35.6 Å². The van der Waals surface area contributed by atoms with Crippen molar-refractivity contribution in [3.8, 4) is 0 Å². The molecule has 1 saturated heterocycles. The Morgan fingerprint density at radius 2 is 1.71 bits per heavy atom. The van der Waals surface area contributed by atoms with Crippen LogP contribution in [0.4, 0.5) is 4.39 Å². The van der Waals surface area contributed by atoms with Crippen molar-refractivity contribution < 1.29 is 13.9 Å². The molecule has 0 saturated carbocycles. The number of methoxy groups -OCH3 is 1. The van der Waals surface area contributed by atoms with Gasteiger partial charge in [-0.1, -0.05) is 12.1 Å². The van der Waals surface area contributed by atoms with Gasteiger partial charge in [-0.15, -0.1) is 37.2 Å². The van der Waals surface area contributed by atoms with Crippen LogP contribution in [0.25, 0.3) is 0 Å². The number of rotatable bonds is 5. The molecule has 1 aliphatic heterocycles. The number of nitrogens with zero attached hydrogens (tertiary/aromatic N) is 2. The van der Waals surface area contributed by atoms with Crippen LogP contribution in [-0.2, 0) is 16.1 Å². The van der Waals surface area contributed by atoms with Crippen molar-refractivity contribution in [1.29, 1.82) is 0 Å². The minimum Gasteiger partial charge on any atom is -0.468 e. The zero-order valence-electron chi connectivity index (χ0n) is 13.5. The lowest BCUT2D eigenvalue weighted by atomic mass is 10.1. The van der Waals surface area contributed by atoms with E-state index in [9.17, 15) is 9.18 Å². The fourth-order valence-electron chi connectivity index (χ4n) is 2.61. The molecule has 0 aromatic heterocycles. The summed E-state index contributed by atoms with van der Waals surface area (Å²) in [6.07, 6.45) is 0. The molecule has 1 aromatic rings. The second-order valence-corrected chi connectivity index (χ2v) is 5.21. The SMILES string of the molecule is COC(=O)[C@H](CN)N1CCN(Cc2ccc(F)cc2)CC1.Cl.Cl.Cl. The van der Waals surface area contributed by atoms with Crippen molar-refractivity contribution in [3.63, 3.8) is 0 Å². The van der Waals surface area contributed by atoms with E-state index in [1.807, 2.05) is 0 Å². The number of halogens is 4. The van der Waals surface area contributed by atoms with Crippen LogP contribution in [0.1, 0.15) is 5.56 Å². The summed E-state index contributed by atoms with van der Waals surface area (Å²) in [5, 5.41) is 0. The van der Waals surface area contributed by atoms with Crippen LogP contribution in [0.2, 0.25) is 0 Å². The Balaban J connectivity index is 0. The third-order valence-electron chi connectivity index (χ3n) is 3.86. The van der Waals surface area contributed by atoms with Crippen molar-refractivity contribution in [2.24, 2.45) is 5.73 Å². The van der Waals surface area contributed by atoms with Crippen LogP contribution >= 0.6 is 37.2 Å². The third-order valence-corrected chi connectivity index (χ3v) is 3.86. The largest absolute Gasteiger partial charge is 0.468 e. The van der Waals surface area contributed by atoms with E-state index in [0.717, 1.165) is 38.3 Å². The van der Waals surface area contributed by atoms with E-state index >= 15 is 0 Å². The molecule has 1 atom stereocenters. The maximum absolute atomic E-state index is 12.9. The molecule has 1 heterocycles. The number of carbonyl (C=O) groups is 1. The number of ether oxygens (including phenoxy) is 1. The summed E-state index contributed by atoms with van der Waals surface area (Å²) in [4.78, 5) is 16.0. The van der Waals surface area contributed by atoms with E-state index in [0.29, 0.717) is 0 Å². The van der Waals surface area contributed by atoms with Gasteiger partial charge in [0.25, 0.3) is 0 Å². The van der Waals surface area contributed by atoms with E-state index in [4.69, 9.17) is 10.5 Å². The zero-order valence-corrected chi connectivity index (χ0v) is 16.0. The van der Waals surface area contributed by atoms with Gasteiger partial charge in [-0.2, -0.15) is 0 Å². The van der Waals surface area contributed by atoms with Crippen LogP contribution < -0.4 is 5.73 Å². The molecule has 0 radical (unpaired) electrons. The number of benzene rings is 1. The lowest BCUT2D eigenvalue weighted by Crippen LogP contribution is -2.55. The summed E-state index contributed by atoms with van der Waals surface area (Å²) < 4.78 is 17.7. The normalized spacial score (nSPS) is 16.1. The summed E-state index contributed by atoms with van der Waals surface area (Å²) in [6, 6.07) is 6.21. The number of carbonyl (C=O) groups excluding carboxylic acids is 1. The van der Waals surface area contributed by atoms with Gasteiger partial charge in [-0.3, -0.25) is 14.6 Å². The number of hydrogen-bond donors (Lipinski definition) is 1. The quantitative estimate of drug-likeness (QED) is 0.757. The molecule has 0 bridgehead atoms. The third kappa shape index (κ3) is 7.09. The minimum absolute atomic E-state index is 0. The molecule has 0 aliphatic carbocycles. The first-order valence-corrected chi connectivity index (χ1v) is 7.12. The van der Waals surface area contributed by atoms with Crippen LogP contribution in [0, 0.1) is 5.82 Å². The fourth-order valence-corrected chi connectivity index (χ4v) is 2.61. The van der Waals surface area contributed by atoms with E-state index in [2.05, 4.69) is 9.80 Å². The molecule has 1 aromatic carbocycles. The molecule has 0 unspecified atom stereocenters. The molecule has 1 aliphatic rings.